The smallest absolute Gasteiger partial charge is 0.462 e. The molecule has 11 heteroatoms. The first-order chi connectivity index (χ1) is 27.9. The molecule has 0 aliphatic heterocycles. The predicted molar refractivity (Wildman–Crippen MR) is 234 cm³/mol. The Morgan fingerprint density at radius 1 is 0.724 bits per heavy atom. The molecular weight excluding hydrogens is 755 g/mol. The van der Waals surface area contributed by atoms with E-state index in [-0.39, 0.29) is 37.1 Å². The molecule has 0 spiro atoms. The third-order valence-corrected chi connectivity index (χ3v) is 11.3. The molecule has 336 valence electrons. The number of unbranched alkanes of at least 4 members (excludes halogenated alkanes) is 20. The average Bonchev–Trinajstić information content (AvgIpc) is 3.53. The standard InChI is InChI=1S/C47H83O10P/c1-4-5-24-31-42(48)35-36-44-41(34-37-45(44)49)30-26-22-23-27-32-46(50)55-38-43(39-56-58(52,53)54)57-47(51)33-28-21-19-17-15-13-11-9-7-6-8-10-12-14-16-18-20-25-29-40(2)3/h22,26,34-37,40-44,48H,4-21,23-25,27-33,38-39H2,1-3H3,(H2,52,53,54)/b26-22-,36-35+/t41-,42-,43+,44+/m0/s1. The largest absolute Gasteiger partial charge is 0.469 e. The molecule has 0 saturated heterocycles. The molecule has 0 amide bonds. The van der Waals surface area contributed by atoms with E-state index in [4.69, 9.17) is 19.3 Å². The first-order valence-corrected chi connectivity index (χ1v) is 24.7. The van der Waals surface area contributed by atoms with Gasteiger partial charge < -0.3 is 24.4 Å². The zero-order valence-corrected chi connectivity index (χ0v) is 37.6. The van der Waals surface area contributed by atoms with Crippen LogP contribution < -0.4 is 0 Å². The summed E-state index contributed by atoms with van der Waals surface area (Å²) in [6, 6.07) is 0. The predicted octanol–water partition coefficient (Wildman–Crippen LogP) is 12.0. The quantitative estimate of drug-likeness (QED) is 0.0236. The molecule has 0 radical (unpaired) electrons. The SMILES string of the molecule is CCCCC[C@H](O)/C=C/[C@H]1C(=O)C=C[C@@H]1C/C=C\CCCC(=O)OC[C@H](COP(=O)(O)O)OC(=O)CCCCCCCCCCCCCCCCCCCCC(C)C. The highest BCUT2D eigenvalue weighted by Crippen LogP contribution is 2.36. The van der Waals surface area contributed by atoms with Crippen LogP contribution in [0.25, 0.3) is 0 Å². The molecule has 3 N–H and O–H groups in total. The van der Waals surface area contributed by atoms with Gasteiger partial charge in [-0.2, -0.15) is 0 Å². The van der Waals surface area contributed by atoms with Crippen LogP contribution >= 0.6 is 7.82 Å². The first kappa shape index (κ1) is 53.9. The summed E-state index contributed by atoms with van der Waals surface area (Å²) in [6.07, 6.45) is 39.3. The van der Waals surface area contributed by atoms with E-state index in [1.54, 1.807) is 12.2 Å². The third kappa shape index (κ3) is 32.7. The second-order valence-electron chi connectivity index (χ2n) is 16.9. The van der Waals surface area contributed by atoms with Gasteiger partial charge in [0.2, 0.25) is 0 Å². The van der Waals surface area contributed by atoms with E-state index in [0.29, 0.717) is 32.1 Å². The van der Waals surface area contributed by atoms with Gasteiger partial charge in [-0.25, -0.2) is 4.57 Å². The molecule has 1 aliphatic carbocycles. The number of phosphoric ester groups is 1. The van der Waals surface area contributed by atoms with Gasteiger partial charge in [-0.1, -0.05) is 186 Å². The monoisotopic (exact) mass is 839 g/mol. The highest BCUT2D eigenvalue weighted by molar-refractivity contribution is 7.46. The van der Waals surface area contributed by atoms with Crippen LogP contribution in [0.15, 0.2) is 36.5 Å². The van der Waals surface area contributed by atoms with E-state index in [1.807, 2.05) is 24.3 Å². The number of ether oxygens (including phenoxy) is 2. The maximum atomic E-state index is 12.5. The first-order valence-electron chi connectivity index (χ1n) is 23.2. The topological polar surface area (TPSA) is 157 Å². The number of allylic oxidation sites excluding steroid dienone is 5. The fraction of sp³-hybridized carbons (Fsp3) is 0.809. The van der Waals surface area contributed by atoms with Gasteiger partial charge in [0, 0.05) is 18.8 Å². The summed E-state index contributed by atoms with van der Waals surface area (Å²) >= 11 is 0. The minimum atomic E-state index is -4.81. The van der Waals surface area contributed by atoms with Crippen molar-refractivity contribution in [3.8, 4) is 0 Å². The number of hydrogen-bond donors (Lipinski definition) is 3. The Labute approximate surface area is 352 Å². The maximum absolute atomic E-state index is 12.5. The molecule has 4 atom stereocenters. The van der Waals surface area contributed by atoms with E-state index in [9.17, 15) is 24.1 Å². The van der Waals surface area contributed by atoms with Crippen LogP contribution in [0, 0.1) is 17.8 Å². The van der Waals surface area contributed by atoms with Crippen LogP contribution in [-0.4, -0.2) is 58.0 Å². The Balaban J connectivity index is 2.16. The van der Waals surface area contributed by atoms with Crippen molar-refractivity contribution < 1.29 is 47.8 Å². The summed E-state index contributed by atoms with van der Waals surface area (Å²) in [5.74, 6) is -0.398. The Morgan fingerprint density at radius 3 is 1.81 bits per heavy atom. The van der Waals surface area contributed by atoms with Crippen molar-refractivity contribution in [1.82, 2.24) is 0 Å². The number of carbonyl (C=O) groups is 3. The van der Waals surface area contributed by atoms with Crippen molar-refractivity contribution >= 4 is 25.5 Å². The minimum absolute atomic E-state index is 0.0286. The van der Waals surface area contributed by atoms with E-state index >= 15 is 0 Å². The molecule has 10 nitrogen and oxygen atoms in total. The van der Waals surface area contributed by atoms with Crippen LogP contribution in [0.4, 0.5) is 0 Å². The molecular formula is C47H83O10P. The summed E-state index contributed by atoms with van der Waals surface area (Å²) in [7, 11) is -4.81. The molecule has 58 heavy (non-hydrogen) atoms. The van der Waals surface area contributed by atoms with Gasteiger partial charge in [0.25, 0.3) is 0 Å². The number of rotatable bonds is 39. The lowest BCUT2D eigenvalue weighted by Gasteiger charge is -2.18. The second-order valence-corrected chi connectivity index (χ2v) is 18.1. The molecule has 0 unspecified atom stereocenters. The van der Waals surface area contributed by atoms with Crippen LogP contribution in [0.2, 0.25) is 0 Å². The Kier molecular flexibility index (Phi) is 33.1. The number of ketones is 1. The van der Waals surface area contributed by atoms with Gasteiger partial charge in [-0.3, -0.25) is 18.9 Å². The number of aliphatic hydroxyl groups is 1. The Morgan fingerprint density at radius 2 is 1.26 bits per heavy atom. The summed E-state index contributed by atoms with van der Waals surface area (Å²) in [4.78, 5) is 55.5. The second kappa shape index (κ2) is 35.6. The molecule has 1 rings (SSSR count). The van der Waals surface area contributed by atoms with Gasteiger partial charge in [-0.15, -0.1) is 0 Å². The molecule has 0 saturated carbocycles. The average molecular weight is 839 g/mol. The van der Waals surface area contributed by atoms with Crippen molar-refractivity contribution in [3.63, 3.8) is 0 Å². The summed E-state index contributed by atoms with van der Waals surface area (Å²) in [6.45, 7) is 5.79. The maximum Gasteiger partial charge on any atom is 0.469 e. The van der Waals surface area contributed by atoms with E-state index in [0.717, 1.165) is 44.4 Å². The molecule has 0 fully saturated rings. The highest BCUT2D eigenvalue weighted by Gasteiger charge is 2.27. The van der Waals surface area contributed by atoms with Crippen LogP contribution in [0.3, 0.4) is 0 Å². The fourth-order valence-corrected chi connectivity index (χ4v) is 7.62. The van der Waals surface area contributed by atoms with Gasteiger partial charge in [-0.05, 0) is 50.0 Å². The lowest BCUT2D eigenvalue weighted by molar-refractivity contribution is -0.161. The minimum Gasteiger partial charge on any atom is -0.462 e. The van der Waals surface area contributed by atoms with Crippen molar-refractivity contribution in [2.75, 3.05) is 13.2 Å². The van der Waals surface area contributed by atoms with Gasteiger partial charge >= 0.3 is 19.8 Å². The zero-order valence-electron chi connectivity index (χ0n) is 36.7. The third-order valence-electron chi connectivity index (χ3n) is 10.8. The molecule has 0 aromatic rings. The fourth-order valence-electron chi connectivity index (χ4n) is 7.26. The summed E-state index contributed by atoms with van der Waals surface area (Å²) in [5, 5.41) is 10.2. The van der Waals surface area contributed by atoms with E-state index < -0.39 is 38.6 Å². The lowest BCUT2D eigenvalue weighted by Crippen LogP contribution is -2.29. The van der Waals surface area contributed by atoms with Gasteiger partial charge in [0.05, 0.1) is 12.7 Å². The van der Waals surface area contributed by atoms with Crippen LogP contribution in [0.5, 0.6) is 0 Å². The lowest BCUT2D eigenvalue weighted by atomic mass is 9.90. The number of hydrogen-bond acceptors (Lipinski definition) is 8. The van der Waals surface area contributed by atoms with E-state index in [1.165, 1.54) is 96.3 Å². The molecule has 0 aromatic heterocycles. The normalized spacial score (nSPS) is 16.9. The van der Waals surface area contributed by atoms with E-state index in [2.05, 4.69) is 25.3 Å². The number of phosphoric acid groups is 1. The highest BCUT2D eigenvalue weighted by atomic mass is 31.2. The number of aliphatic hydroxyl groups excluding tert-OH is 1. The molecule has 0 aromatic carbocycles. The molecule has 1 aliphatic rings. The molecule has 0 heterocycles. The number of esters is 2. The van der Waals surface area contributed by atoms with Crippen molar-refractivity contribution in [2.24, 2.45) is 17.8 Å². The molecule has 0 bridgehead atoms. The number of carbonyl (C=O) groups excluding carboxylic acids is 3. The Bertz CT molecular complexity index is 1190. The van der Waals surface area contributed by atoms with Crippen molar-refractivity contribution in [2.45, 2.75) is 213 Å². The van der Waals surface area contributed by atoms with Crippen molar-refractivity contribution in [3.05, 3.63) is 36.5 Å². The van der Waals surface area contributed by atoms with Crippen LogP contribution in [0.1, 0.15) is 201 Å². The Hall–Kier alpha value is -2.10. The zero-order chi connectivity index (χ0) is 42.7. The van der Waals surface area contributed by atoms with Gasteiger partial charge in [0.1, 0.15) is 6.61 Å². The summed E-state index contributed by atoms with van der Waals surface area (Å²) < 4.78 is 26.4. The van der Waals surface area contributed by atoms with Crippen LogP contribution in [-0.2, 0) is 32.9 Å². The van der Waals surface area contributed by atoms with Crippen molar-refractivity contribution in [1.29, 1.82) is 0 Å². The van der Waals surface area contributed by atoms with Gasteiger partial charge in [0.15, 0.2) is 11.9 Å². The summed E-state index contributed by atoms with van der Waals surface area (Å²) in [5.41, 5.74) is 0.